The van der Waals surface area contributed by atoms with Gasteiger partial charge in [0.15, 0.2) is 6.10 Å². The Kier molecular flexibility index (Phi) is 6.37. The van der Waals surface area contributed by atoms with Gasteiger partial charge >= 0.3 is 6.18 Å². The highest BCUT2D eigenvalue weighted by atomic mass is 35.5. The molecule has 1 N–H and O–H groups in total. The number of ether oxygens (including phenoxy) is 1. The number of hydrogen-bond donors (Lipinski definition) is 1. The molecule has 0 radical (unpaired) electrons. The van der Waals surface area contributed by atoms with Crippen molar-refractivity contribution in [2.24, 2.45) is 5.16 Å². The lowest BCUT2D eigenvalue weighted by Crippen LogP contribution is -2.47. The van der Waals surface area contributed by atoms with Gasteiger partial charge in [-0.2, -0.15) is 13.2 Å². The van der Waals surface area contributed by atoms with Crippen molar-refractivity contribution in [3.05, 3.63) is 69.0 Å². The summed E-state index contributed by atoms with van der Waals surface area (Å²) in [7, 11) is 1.64. The maximum absolute atomic E-state index is 14.5. The van der Waals surface area contributed by atoms with Crippen LogP contribution >= 0.6 is 11.6 Å². The maximum atomic E-state index is 14.5. The fourth-order valence-electron chi connectivity index (χ4n) is 3.96. The lowest BCUT2D eigenvalue weighted by atomic mass is 9.89. The van der Waals surface area contributed by atoms with E-state index in [4.69, 9.17) is 21.2 Å². The standard InChI is InChI=1S/C23H21ClF4N2O3/c1-11-5-12(3-4-16(11)22(31)29-14-8-15(9-14)32-2)19-10-20(33-30-19)17-6-13(23(26,27)28)7-18(24)21(17)25/h3-7,14-15,20H,8-10H2,1-2H3,(H,29,31)/t14-,15+,20?. The zero-order valence-electron chi connectivity index (χ0n) is 17.8. The largest absolute Gasteiger partial charge is 0.416 e. The van der Waals surface area contributed by atoms with E-state index >= 15 is 0 Å². The highest BCUT2D eigenvalue weighted by molar-refractivity contribution is 6.30. The number of oxime groups is 1. The van der Waals surface area contributed by atoms with Crippen LogP contribution in [0.15, 0.2) is 35.5 Å². The molecule has 33 heavy (non-hydrogen) atoms. The second-order valence-corrected chi connectivity index (χ2v) is 8.63. The highest BCUT2D eigenvalue weighted by Gasteiger charge is 2.35. The summed E-state index contributed by atoms with van der Waals surface area (Å²) in [6.45, 7) is 1.78. The van der Waals surface area contributed by atoms with Crippen molar-refractivity contribution < 1.29 is 31.9 Å². The molecule has 5 nitrogen and oxygen atoms in total. The average molecular weight is 485 g/mol. The minimum Gasteiger partial charge on any atom is -0.387 e. The molecule has 176 valence electrons. The molecule has 2 aromatic rings. The van der Waals surface area contributed by atoms with E-state index in [1.807, 2.05) is 0 Å². The molecular formula is C23H21ClF4N2O3. The smallest absolute Gasteiger partial charge is 0.387 e. The first-order chi connectivity index (χ1) is 15.6. The number of alkyl halides is 3. The summed E-state index contributed by atoms with van der Waals surface area (Å²) in [5.74, 6) is -1.16. The van der Waals surface area contributed by atoms with Crippen LogP contribution in [0.4, 0.5) is 17.6 Å². The molecule has 0 aromatic heterocycles. The van der Waals surface area contributed by atoms with Crippen molar-refractivity contribution in [3.8, 4) is 0 Å². The van der Waals surface area contributed by atoms with Gasteiger partial charge in [0.1, 0.15) is 5.82 Å². The third-order valence-electron chi connectivity index (χ3n) is 5.97. The van der Waals surface area contributed by atoms with Crippen LogP contribution in [0.1, 0.15) is 58.0 Å². The second kappa shape index (κ2) is 8.95. The molecule has 1 unspecified atom stereocenters. The van der Waals surface area contributed by atoms with Gasteiger partial charge < -0.3 is 14.9 Å². The Labute approximate surface area is 192 Å². The van der Waals surface area contributed by atoms with Crippen molar-refractivity contribution in [2.75, 3.05) is 7.11 Å². The van der Waals surface area contributed by atoms with Gasteiger partial charge in [-0.05, 0) is 55.2 Å². The van der Waals surface area contributed by atoms with E-state index in [1.165, 1.54) is 0 Å². The molecule has 1 atom stereocenters. The van der Waals surface area contributed by atoms with E-state index in [-0.39, 0.29) is 30.0 Å². The molecule has 1 saturated carbocycles. The van der Waals surface area contributed by atoms with Crippen LogP contribution in [0.25, 0.3) is 0 Å². The summed E-state index contributed by atoms with van der Waals surface area (Å²) in [5.41, 5.74) is 0.906. The van der Waals surface area contributed by atoms with Gasteiger partial charge in [-0.15, -0.1) is 0 Å². The summed E-state index contributed by atoms with van der Waals surface area (Å²) >= 11 is 5.68. The van der Waals surface area contributed by atoms with Crippen molar-refractivity contribution in [1.29, 1.82) is 0 Å². The highest BCUT2D eigenvalue weighted by Crippen LogP contribution is 2.39. The van der Waals surface area contributed by atoms with E-state index in [2.05, 4.69) is 10.5 Å². The molecule has 0 bridgehead atoms. The molecule has 1 heterocycles. The SMILES string of the molecule is CO[C@H]1C[C@@H](NC(=O)c2ccc(C3=NOC(c4cc(C(F)(F)F)cc(Cl)c4F)C3)cc2C)C1. The topological polar surface area (TPSA) is 59.9 Å². The zero-order chi connectivity index (χ0) is 23.9. The normalized spacial score (nSPS) is 22.4. The van der Waals surface area contributed by atoms with Crippen LogP contribution in [0.2, 0.25) is 5.02 Å². The lowest BCUT2D eigenvalue weighted by molar-refractivity contribution is -0.137. The Morgan fingerprint density at radius 1 is 1.24 bits per heavy atom. The molecular weight excluding hydrogens is 464 g/mol. The minimum absolute atomic E-state index is 0.0556. The summed E-state index contributed by atoms with van der Waals surface area (Å²) in [5, 5.41) is 6.27. The molecule has 1 aliphatic heterocycles. The fraction of sp³-hybridized carbons (Fsp3) is 0.391. The van der Waals surface area contributed by atoms with Gasteiger partial charge in [0, 0.05) is 30.7 Å². The fourth-order valence-corrected chi connectivity index (χ4v) is 4.19. The molecule has 4 rings (SSSR count). The Morgan fingerprint density at radius 3 is 2.61 bits per heavy atom. The summed E-state index contributed by atoms with van der Waals surface area (Å²) < 4.78 is 59.0. The molecule has 1 fully saturated rings. The molecule has 0 saturated heterocycles. The minimum atomic E-state index is -4.67. The first kappa shape index (κ1) is 23.5. The van der Waals surface area contributed by atoms with Crippen molar-refractivity contribution in [3.63, 3.8) is 0 Å². The molecule has 0 spiro atoms. The molecule has 1 amide bonds. The van der Waals surface area contributed by atoms with E-state index in [9.17, 15) is 22.4 Å². The molecule has 1 aliphatic carbocycles. The van der Waals surface area contributed by atoms with Crippen LogP contribution in [-0.4, -0.2) is 30.9 Å². The number of nitrogens with zero attached hydrogens (tertiary/aromatic N) is 1. The summed E-state index contributed by atoms with van der Waals surface area (Å²) in [4.78, 5) is 17.8. The first-order valence-electron chi connectivity index (χ1n) is 10.3. The Morgan fingerprint density at radius 2 is 1.97 bits per heavy atom. The quantitative estimate of drug-likeness (QED) is 0.564. The number of amides is 1. The van der Waals surface area contributed by atoms with E-state index in [0.29, 0.717) is 34.5 Å². The average Bonchev–Trinajstić information content (AvgIpc) is 3.21. The van der Waals surface area contributed by atoms with E-state index in [0.717, 1.165) is 12.8 Å². The van der Waals surface area contributed by atoms with Crippen LogP contribution in [0, 0.1) is 12.7 Å². The number of carbonyl (C=O) groups excluding carboxylic acids is 1. The van der Waals surface area contributed by atoms with Crippen molar-refractivity contribution >= 4 is 23.2 Å². The predicted octanol–water partition coefficient (Wildman–Crippen LogP) is 5.58. The maximum Gasteiger partial charge on any atom is 0.416 e. The van der Waals surface area contributed by atoms with E-state index in [1.54, 1.807) is 32.2 Å². The first-order valence-corrected chi connectivity index (χ1v) is 10.7. The van der Waals surface area contributed by atoms with E-state index < -0.39 is 28.7 Å². The third kappa shape index (κ3) is 4.84. The Balaban J connectivity index is 1.47. The Hall–Kier alpha value is -2.65. The monoisotopic (exact) mass is 484 g/mol. The number of hydrogen-bond acceptors (Lipinski definition) is 4. The van der Waals surface area contributed by atoms with Gasteiger partial charge in [0.2, 0.25) is 0 Å². The summed E-state index contributed by atoms with van der Waals surface area (Å²) in [6, 6.07) is 6.39. The number of benzene rings is 2. The van der Waals surface area contributed by atoms with Gasteiger partial charge in [0.25, 0.3) is 5.91 Å². The van der Waals surface area contributed by atoms with Gasteiger partial charge in [-0.3, -0.25) is 4.79 Å². The lowest BCUT2D eigenvalue weighted by Gasteiger charge is -2.34. The second-order valence-electron chi connectivity index (χ2n) is 8.22. The van der Waals surface area contributed by atoms with Crippen LogP contribution < -0.4 is 5.32 Å². The number of aryl methyl sites for hydroxylation is 1. The predicted molar refractivity (Wildman–Crippen MR) is 114 cm³/mol. The number of methoxy groups -OCH3 is 1. The number of carbonyl (C=O) groups is 1. The molecule has 2 aliphatic rings. The van der Waals surface area contributed by atoms with Gasteiger partial charge in [0.05, 0.1) is 22.4 Å². The van der Waals surface area contributed by atoms with Crippen molar-refractivity contribution in [2.45, 2.75) is 50.6 Å². The van der Waals surface area contributed by atoms with Crippen molar-refractivity contribution in [1.82, 2.24) is 5.32 Å². The molecule has 2 aromatic carbocycles. The number of halogens is 5. The zero-order valence-corrected chi connectivity index (χ0v) is 18.6. The third-order valence-corrected chi connectivity index (χ3v) is 6.24. The van der Waals surface area contributed by atoms with Crippen LogP contribution in [0.5, 0.6) is 0 Å². The van der Waals surface area contributed by atoms with Crippen LogP contribution in [0.3, 0.4) is 0 Å². The van der Waals surface area contributed by atoms with Crippen LogP contribution in [-0.2, 0) is 15.8 Å². The van der Waals surface area contributed by atoms with Gasteiger partial charge in [-0.1, -0.05) is 22.8 Å². The van der Waals surface area contributed by atoms with Gasteiger partial charge in [-0.25, -0.2) is 4.39 Å². The Bertz CT molecular complexity index is 1110. The number of nitrogens with one attached hydrogen (secondary N) is 1. The summed E-state index contributed by atoms with van der Waals surface area (Å²) in [6.07, 6.45) is -3.96. The number of rotatable bonds is 5. The molecule has 10 heteroatoms.